The van der Waals surface area contributed by atoms with E-state index in [0.29, 0.717) is 19.4 Å². The lowest BCUT2D eigenvalue weighted by Crippen LogP contribution is -2.39. The van der Waals surface area contributed by atoms with Gasteiger partial charge in [0.25, 0.3) is 0 Å². The molecule has 2 amide bonds. The van der Waals surface area contributed by atoms with Crippen LogP contribution in [0.5, 0.6) is 5.75 Å². The van der Waals surface area contributed by atoms with Gasteiger partial charge < -0.3 is 19.3 Å². The molecule has 1 aliphatic rings. The molecule has 0 spiro atoms. The van der Waals surface area contributed by atoms with Crippen molar-refractivity contribution in [2.24, 2.45) is 0 Å². The van der Waals surface area contributed by atoms with Crippen LogP contribution in [0.4, 0.5) is 0 Å². The van der Waals surface area contributed by atoms with E-state index in [1.165, 1.54) is 8.47 Å². The van der Waals surface area contributed by atoms with Crippen LogP contribution in [0.25, 0.3) is 0 Å². The lowest BCUT2D eigenvalue weighted by Gasteiger charge is -2.24. The van der Waals surface area contributed by atoms with E-state index in [0.717, 1.165) is 42.7 Å². The molecule has 1 unspecified atom stereocenters. The molecule has 1 aliphatic heterocycles. The number of likely N-dealkylation sites (N-methyl/N-ethyl adjacent to an activating group) is 2. The number of hydrogen-bond donors (Lipinski definition) is 0. The molecule has 7 heteroatoms. The Morgan fingerprint density at radius 1 is 1.03 bits per heavy atom. The van der Waals surface area contributed by atoms with Gasteiger partial charge in [0.15, 0.2) is 6.29 Å². The van der Waals surface area contributed by atoms with Gasteiger partial charge in [0.05, 0.1) is 13.2 Å². The molecule has 1 heterocycles. The van der Waals surface area contributed by atoms with Gasteiger partial charge in [-0.05, 0) is 77.2 Å². The summed E-state index contributed by atoms with van der Waals surface area (Å²) in [6.07, 6.45) is 3.94. The van der Waals surface area contributed by atoms with Gasteiger partial charge in [0, 0.05) is 37.1 Å². The Bertz CT molecular complexity index is 897. The number of aryl methyl sites for hydroxylation is 1. The number of rotatable bonds is 9. The zero-order chi connectivity index (χ0) is 22.9. The van der Waals surface area contributed by atoms with Crippen LogP contribution in [-0.4, -0.2) is 55.2 Å². The molecule has 0 saturated carbocycles. The highest BCUT2D eigenvalue weighted by Crippen LogP contribution is 2.21. The fraction of sp³-hybridized carbons (Fsp3) is 0.440. The molecule has 6 nitrogen and oxygen atoms in total. The predicted octanol–water partition coefficient (Wildman–Crippen LogP) is 4.25. The number of halogens is 1. The summed E-state index contributed by atoms with van der Waals surface area (Å²) in [5, 5.41) is 0. The molecule has 32 heavy (non-hydrogen) atoms. The first-order chi connectivity index (χ1) is 15.4. The van der Waals surface area contributed by atoms with Crippen molar-refractivity contribution in [1.82, 2.24) is 9.80 Å². The first-order valence-corrected chi connectivity index (χ1v) is 12.1. The molecule has 1 fully saturated rings. The molecule has 2 aromatic rings. The summed E-state index contributed by atoms with van der Waals surface area (Å²) in [7, 11) is 3.44. The van der Waals surface area contributed by atoms with Crippen LogP contribution in [0.3, 0.4) is 0 Å². The van der Waals surface area contributed by atoms with E-state index >= 15 is 0 Å². The normalized spacial score (nSPS) is 15.8. The molecule has 0 aromatic heterocycles. The van der Waals surface area contributed by atoms with E-state index < -0.39 is 0 Å². The van der Waals surface area contributed by atoms with Gasteiger partial charge in [-0.2, -0.15) is 0 Å². The second-order valence-electron chi connectivity index (χ2n) is 8.19. The summed E-state index contributed by atoms with van der Waals surface area (Å²) >= 11 is 2.26. The van der Waals surface area contributed by atoms with Crippen molar-refractivity contribution < 1.29 is 19.1 Å². The highest BCUT2D eigenvalue weighted by atomic mass is 127. The largest absolute Gasteiger partial charge is 0.465 e. The molecule has 0 bridgehead atoms. The average Bonchev–Trinajstić information content (AvgIpc) is 2.79. The zero-order valence-corrected chi connectivity index (χ0v) is 20.9. The zero-order valence-electron chi connectivity index (χ0n) is 18.8. The number of hydrogen-bond acceptors (Lipinski definition) is 4. The van der Waals surface area contributed by atoms with Crippen LogP contribution in [0.15, 0.2) is 48.5 Å². The standard InChI is InChI=1S/C25H31IN2O4/c1-27(17-20-6-5-7-22(16-20)32-25-8-3-4-15-31-25)24(30)18-28(2)23(29)14-11-19-9-12-21(26)13-10-19/h5-7,9-10,12-13,16,25H,3-4,8,11,14-15,17-18H2,1-2H3. The van der Waals surface area contributed by atoms with Crippen molar-refractivity contribution in [2.75, 3.05) is 27.2 Å². The van der Waals surface area contributed by atoms with E-state index in [9.17, 15) is 9.59 Å². The lowest BCUT2D eigenvalue weighted by atomic mass is 10.1. The number of carbonyl (C=O) groups excluding carboxylic acids is 2. The molecule has 0 aliphatic carbocycles. The second-order valence-corrected chi connectivity index (χ2v) is 9.43. The summed E-state index contributed by atoms with van der Waals surface area (Å²) in [4.78, 5) is 28.3. The van der Waals surface area contributed by atoms with Crippen LogP contribution in [-0.2, 0) is 27.3 Å². The molecule has 2 aromatic carbocycles. The first-order valence-electron chi connectivity index (χ1n) is 11.0. The molecule has 1 saturated heterocycles. The molecular formula is C25H31IN2O4. The van der Waals surface area contributed by atoms with Gasteiger partial charge in [-0.15, -0.1) is 0 Å². The van der Waals surface area contributed by atoms with Crippen molar-refractivity contribution in [3.05, 3.63) is 63.2 Å². The highest BCUT2D eigenvalue weighted by Gasteiger charge is 2.18. The lowest BCUT2D eigenvalue weighted by molar-refractivity contribution is -0.138. The number of benzene rings is 2. The van der Waals surface area contributed by atoms with Crippen LogP contribution in [0, 0.1) is 3.57 Å². The van der Waals surface area contributed by atoms with Gasteiger partial charge in [-0.1, -0.05) is 24.3 Å². The predicted molar refractivity (Wildman–Crippen MR) is 132 cm³/mol. The molecule has 3 rings (SSSR count). The number of amides is 2. The minimum absolute atomic E-state index is 0.0341. The summed E-state index contributed by atoms with van der Waals surface area (Å²) in [5.41, 5.74) is 2.10. The van der Waals surface area contributed by atoms with E-state index in [-0.39, 0.29) is 24.6 Å². The maximum atomic E-state index is 12.7. The maximum absolute atomic E-state index is 12.7. The van der Waals surface area contributed by atoms with Crippen molar-refractivity contribution in [3.8, 4) is 5.75 Å². The SMILES string of the molecule is CN(CC(=O)N(C)Cc1cccc(OC2CCCCO2)c1)C(=O)CCc1ccc(I)cc1. The highest BCUT2D eigenvalue weighted by molar-refractivity contribution is 14.1. The maximum Gasteiger partial charge on any atom is 0.242 e. The van der Waals surface area contributed by atoms with Crippen molar-refractivity contribution in [3.63, 3.8) is 0 Å². The van der Waals surface area contributed by atoms with Crippen LogP contribution in [0.2, 0.25) is 0 Å². The minimum atomic E-state index is -0.197. The summed E-state index contributed by atoms with van der Waals surface area (Å²) in [6.45, 7) is 1.25. The quantitative estimate of drug-likeness (QED) is 0.439. The Morgan fingerprint density at radius 2 is 1.81 bits per heavy atom. The third kappa shape index (κ3) is 7.78. The Labute approximate surface area is 204 Å². The Kier molecular flexibility index (Phi) is 9.35. The van der Waals surface area contributed by atoms with E-state index in [1.807, 2.05) is 48.5 Å². The number of carbonyl (C=O) groups is 2. The monoisotopic (exact) mass is 550 g/mol. The van der Waals surface area contributed by atoms with Crippen molar-refractivity contribution in [2.45, 2.75) is 44.9 Å². The van der Waals surface area contributed by atoms with E-state index in [4.69, 9.17) is 9.47 Å². The van der Waals surface area contributed by atoms with Crippen molar-refractivity contribution in [1.29, 1.82) is 0 Å². The van der Waals surface area contributed by atoms with Gasteiger partial charge >= 0.3 is 0 Å². The topological polar surface area (TPSA) is 59.1 Å². The Hall–Kier alpha value is -2.13. The van der Waals surface area contributed by atoms with Gasteiger partial charge in [0.2, 0.25) is 11.8 Å². The molecule has 1 atom stereocenters. The third-order valence-corrected chi connectivity index (χ3v) is 6.21. The van der Waals surface area contributed by atoms with Crippen LogP contribution in [0.1, 0.15) is 36.8 Å². The fourth-order valence-electron chi connectivity index (χ4n) is 3.54. The average molecular weight is 550 g/mol. The third-order valence-electron chi connectivity index (χ3n) is 5.49. The summed E-state index contributed by atoms with van der Waals surface area (Å²) < 4.78 is 12.7. The van der Waals surface area contributed by atoms with Gasteiger partial charge in [0.1, 0.15) is 5.75 Å². The summed E-state index contributed by atoms with van der Waals surface area (Å²) in [6, 6.07) is 15.9. The molecule has 0 radical (unpaired) electrons. The first kappa shape index (κ1) is 24.5. The van der Waals surface area contributed by atoms with Gasteiger partial charge in [-0.25, -0.2) is 0 Å². The molecular weight excluding hydrogens is 519 g/mol. The minimum Gasteiger partial charge on any atom is -0.465 e. The van der Waals surface area contributed by atoms with Crippen molar-refractivity contribution >= 4 is 34.4 Å². The number of nitrogens with zero attached hydrogens (tertiary/aromatic N) is 2. The Balaban J connectivity index is 1.45. The van der Waals surface area contributed by atoms with E-state index in [1.54, 1.807) is 19.0 Å². The number of ether oxygens (including phenoxy) is 2. The second kappa shape index (κ2) is 12.2. The molecule has 0 N–H and O–H groups in total. The Morgan fingerprint density at radius 3 is 2.53 bits per heavy atom. The molecule has 172 valence electrons. The van der Waals surface area contributed by atoms with Crippen LogP contribution >= 0.6 is 22.6 Å². The fourth-order valence-corrected chi connectivity index (χ4v) is 3.90. The van der Waals surface area contributed by atoms with E-state index in [2.05, 4.69) is 22.6 Å². The smallest absolute Gasteiger partial charge is 0.242 e. The van der Waals surface area contributed by atoms with Crippen LogP contribution < -0.4 is 4.74 Å². The summed E-state index contributed by atoms with van der Waals surface area (Å²) in [5.74, 6) is 0.614. The van der Waals surface area contributed by atoms with Gasteiger partial charge in [-0.3, -0.25) is 9.59 Å².